The second kappa shape index (κ2) is 7.75. The number of hydrogen-bond acceptors (Lipinski definition) is 1. The molecule has 0 aliphatic carbocycles. The van der Waals surface area contributed by atoms with Gasteiger partial charge in [-0.1, -0.05) is 54.6 Å². The second-order valence-electron chi connectivity index (χ2n) is 6.05. The van der Waals surface area contributed by atoms with Gasteiger partial charge in [0.1, 0.15) is 23.2 Å². The fraction of sp³-hybridized carbons (Fsp3) is 0.182. The molecule has 0 aliphatic rings. The molecule has 0 amide bonds. The molecule has 2 heteroatoms. The predicted molar refractivity (Wildman–Crippen MR) is 106 cm³/mol. The molecule has 24 heavy (non-hydrogen) atoms. The Hall–Kier alpha value is -1.95. The zero-order valence-corrected chi connectivity index (χ0v) is 15.2. The van der Waals surface area contributed by atoms with Crippen LogP contribution >= 0.6 is 7.26 Å². The fourth-order valence-corrected chi connectivity index (χ4v) is 7.76. The Morgan fingerprint density at radius 1 is 0.667 bits per heavy atom. The first-order valence-corrected chi connectivity index (χ1v) is 10.3. The van der Waals surface area contributed by atoms with E-state index >= 15 is 0 Å². The number of methoxy groups -OCH3 is 1. The van der Waals surface area contributed by atoms with Crippen molar-refractivity contribution in [2.75, 3.05) is 13.3 Å². The summed E-state index contributed by atoms with van der Waals surface area (Å²) in [5.74, 6) is 0. The van der Waals surface area contributed by atoms with Crippen molar-refractivity contribution in [1.29, 1.82) is 0 Å². The van der Waals surface area contributed by atoms with Crippen LogP contribution in [0.25, 0.3) is 0 Å². The molecule has 122 valence electrons. The standard InChI is InChI=1S/C22H24OP/c1-19(23-2)18-24(20-12-6-3-7-13-20,21-14-8-4-9-15-21)22-16-10-5-11-17-22/h3-17,19H,18H2,1-2H3/q+1. The van der Waals surface area contributed by atoms with Crippen molar-refractivity contribution < 1.29 is 4.74 Å². The molecule has 0 bridgehead atoms. The Morgan fingerprint density at radius 3 is 1.29 bits per heavy atom. The lowest BCUT2D eigenvalue weighted by molar-refractivity contribution is 0.137. The Labute approximate surface area is 145 Å². The minimum absolute atomic E-state index is 0.193. The van der Waals surface area contributed by atoms with Gasteiger partial charge in [0.15, 0.2) is 0 Å². The lowest BCUT2D eigenvalue weighted by atomic mass is 10.3. The van der Waals surface area contributed by atoms with E-state index in [0.717, 1.165) is 6.16 Å². The van der Waals surface area contributed by atoms with Gasteiger partial charge in [-0.2, -0.15) is 0 Å². The van der Waals surface area contributed by atoms with Gasteiger partial charge < -0.3 is 4.74 Å². The SMILES string of the molecule is COC(C)C[P+](c1ccccc1)(c1ccccc1)c1ccccc1. The average molecular weight is 335 g/mol. The van der Waals surface area contributed by atoms with Crippen molar-refractivity contribution in [2.24, 2.45) is 0 Å². The van der Waals surface area contributed by atoms with E-state index in [9.17, 15) is 0 Å². The summed E-state index contributed by atoms with van der Waals surface area (Å²) in [5.41, 5.74) is 0. The van der Waals surface area contributed by atoms with Gasteiger partial charge in [-0.05, 0) is 43.3 Å². The molecule has 1 nitrogen and oxygen atoms in total. The van der Waals surface area contributed by atoms with Crippen molar-refractivity contribution in [2.45, 2.75) is 13.0 Å². The lowest BCUT2D eigenvalue weighted by Gasteiger charge is -2.29. The van der Waals surface area contributed by atoms with Crippen LogP contribution in [0, 0.1) is 0 Å². The fourth-order valence-electron chi connectivity index (χ4n) is 3.27. The summed E-state index contributed by atoms with van der Waals surface area (Å²) in [5, 5.41) is 4.23. The molecule has 0 saturated carbocycles. The maximum absolute atomic E-state index is 5.70. The highest BCUT2D eigenvalue weighted by atomic mass is 31.2. The Bertz CT molecular complexity index is 644. The van der Waals surface area contributed by atoms with Crippen molar-refractivity contribution in [3.8, 4) is 0 Å². The molecule has 0 fully saturated rings. The quantitative estimate of drug-likeness (QED) is 0.618. The highest BCUT2D eigenvalue weighted by Crippen LogP contribution is 2.55. The van der Waals surface area contributed by atoms with Gasteiger partial charge in [0, 0.05) is 7.11 Å². The molecule has 1 unspecified atom stereocenters. The van der Waals surface area contributed by atoms with Crippen LogP contribution in [0.3, 0.4) is 0 Å². The predicted octanol–water partition coefficient (Wildman–Crippen LogP) is 4.02. The topological polar surface area (TPSA) is 9.23 Å². The minimum Gasteiger partial charge on any atom is -0.378 e. The molecule has 3 rings (SSSR count). The van der Waals surface area contributed by atoms with E-state index in [1.165, 1.54) is 15.9 Å². The highest BCUT2D eigenvalue weighted by Gasteiger charge is 2.46. The van der Waals surface area contributed by atoms with Gasteiger partial charge in [0.25, 0.3) is 0 Å². The molecule has 3 aromatic rings. The summed E-state index contributed by atoms with van der Waals surface area (Å²) >= 11 is 0. The number of rotatable bonds is 6. The van der Waals surface area contributed by atoms with E-state index in [4.69, 9.17) is 4.74 Å². The maximum atomic E-state index is 5.70. The lowest BCUT2D eigenvalue weighted by Crippen LogP contribution is -2.36. The summed E-state index contributed by atoms with van der Waals surface area (Å²) in [7, 11) is 0.0550. The minimum atomic E-state index is -1.75. The molecule has 0 radical (unpaired) electrons. The van der Waals surface area contributed by atoms with Crippen LogP contribution in [0.2, 0.25) is 0 Å². The smallest absolute Gasteiger partial charge is 0.114 e. The van der Waals surface area contributed by atoms with Crippen molar-refractivity contribution in [3.63, 3.8) is 0 Å². The zero-order valence-electron chi connectivity index (χ0n) is 14.3. The van der Waals surface area contributed by atoms with E-state index in [1.807, 2.05) is 0 Å². The van der Waals surface area contributed by atoms with Crippen LogP contribution in [0.1, 0.15) is 6.92 Å². The van der Waals surface area contributed by atoms with Gasteiger partial charge in [0.2, 0.25) is 0 Å². The van der Waals surface area contributed by atoms with Gasteiger partial charge in [-0.15, -0.1) is 0 Å². The summed E-state index contributed by atoms with van der Waals surface area (Å²) in [4.78, 5) is 0. The van der Waals surface area contributed by atoms with Crippen LogP contribution in [0.4, 0.5) is 0 Å². The first-order valence-electron chi connectivity index (χ1n) is 8.35. The molecular weight excluding hydrogens is 311 g/mol. The molecule has 0 spiro atoms. The molecule has 0 saturated heterocycles. The number of hydrogen-bond donors (Lipinski definition) is 0. The van der Waals surface area contributed by atoms with Gasteiger partial charge in [-0.25, -0.2) is 0 Å². The maximum Gasteiger partial charge on any atom is 0.114 e. The molecule has 0 N–H and O–H groups in total. The summed E-state index contributed by atoms with van der Waals surface area (Å²) in [6.07, 6.45) is 1.20. The van der Waals surface area contributed by atoms with E-state index in [2.05, 4.69) is 97.9 Å². The van der Waals surface area contributed by atoms with Crippen molar-refractivity contribution >= 4 is 23.2 Å². The molecule has 3 aromatic carbocycles. The zero-order chi connectivity index (χ0) is 16.8. The van der Waals surface area contributed by atoms with E-state index in [1.54, 1.807) is 7.11 Å². The van der Waals surface area contributed by atoms with Crippen molar-refractivity contribution in [1.82, 2.24) is 0 Å². The molecule has 1 atom stereocenters. The van der Waals surface area contributed by atoms with Gasteiger partial charge >= 0.3 is 0 Å². The molecular formula is C22H24OP+. The molecule has 0 aliphatic heterocycles. The third kappa shape index (κ3) is 3.29. The van der Waals surface area contributed by atoms with Crippen molar-refractivity contribution in [3.05, 3.63) is 91.0 Å². The first kappa shape index (κ1) is 16.9. The van der Waals surface area contributed by atoms with E-state index < -0.39 is 7.26 Å². The van der Waals surface area contributed by atoms with Crippen LogP contribution in [-0.2, 0) is 4.74 Å². The number of ether oxygens (including phenoxy) is 1. The Morgan fingerprint density at radius 2 is 1.00 bits per heavy atom. The monoisotopic (exact) mass is 335 g/mol. The summed E-state index contributed by atoms with van der Waals surface area (Å²) in [6, 6.07) is 32.8. The van der Waals surface area contributed by atoms with Crippen LogP contribution < -0.4 is 15.9 Å². The average Bonchev–Trinajstić information content (AvgIpc) is 2.68. The van der Waals surface area contributed by atoms with Crippen LogP contribution in [0.5, 0.6) is 0 Å². The third-order valence-electron chi connectivity index (χ3n) is 4.52. The van der Waals surface area contributed by atoms with E-state index in [0.29, 0.717) is 0 Å². The van der Waals surface area contributed by atoms with Crippen LogP contribution in [-0.4, -0.2) is 19.4 Å². The normalized spacial score (nSPS) is 12.8. The summed E-state index contributed by atoms with van der Waals surface area (Å²) < 4.78 is 5.70. The Balaban J connectivity index is 2.28. The van der Waals surface area contributed by atoms with Gasteiger partial charge in [-0.3, -0.25) is 0 Å². The molecule has 0 aromatic heterocycles. The van der Waals surface area contributed by atoms with E-state index in [-0.39, 0.29) is 6.10 Å². The number of benzene rings is 3. The van der Waals surface area contributed by atoms with Gasteiger partial charge in [0.05, 0.1) is 12.3 Å². The Kier molecular flexibility index (Phi) is 5.45. The first-order chi connectivity index (χ1) is 11.8. The summed E-state index contributed by atoms with van der Waals surface area (Å²) in [6.45, 7) is 2.17. The highest BCUT2D eigenvalue weighted by molar-refractivity contribution is 7.95. The van der Waals surface area contributed by atoms with Crippen LogP contribution in [0.15, 0.2) is 91.0 Å². The largest absolute Gasteiger partial charge is 0.378 e. The second-order valence-corrected chi connectivity index (χ2v) is 9.58. The molecule has 0 heterocycles. The third-order valence-corrected chi connectivity index (χ3v) is 9.13.